The number of ether oxygens (including phenoxy) is 1. The van der Waals surface area contributed by atoms with Gasteiger partial charge in [0.25, 0.3) is 5.91 Å². The first-order valence-electron chi connectivity index (χ1n) is 15.4. The highest BCUT2D eigenvalue weighted by Crippen LogP contribution is 2.36. The molecule has 10 nitrogen and oxygen atoms in total. The Hall–Kier alpha value is -4.22. The second kappa shape index (κ2) is 13.4. The molecule has 2 N–H and O–H groups in total. The summed E-state index contributed by atoms with van der Waals surface area (Å²) in [5, 5.41) is 6.61. The summed E-state index contributed by atoms with van der Waals surface area (Å²) in [7, 11) is 0. The minimum Gasteiger partial charge on any atom is -0.491 e. The van der Waals surface area contributed by atoms with E-state index in [0.717, 1.165) is 37.2 Å². The normalized spacial score (nSPS) is 15.8. The van der Waals surface area contributed by atoms with Crippen molar-refractivity contribution in [2.75, 3.05) is 51.2 Å². The fourth-order valence-corrected chi connectivity index (χ4v) is 6.37. The van der Waals surface area contributed by atoms with Gasteiger partial charge in [-0.05, 0) is 81.6 Å². The smallest absolute Gasteiger partial charge is 0.254 e. The summed E-state index contributed by atoms with van der Waals surface area (Å²) in [6.07, 6.45) is 7.67. The van der Waals surface area contributed by atoms with Gasteiger partial charge in [-0.2, -0.15) is 0 Å². The second-order valence-corrected chi connectivity index (χ2v) is 11.9. The van der Waals surface area contributed by atoms with Gasteiger partial charge in [0, 0.05) is 61.8 Å². The minimum atomic E-state index is -0.619. The van der Waals surface area contributed by atoms with Crippen LogP contribution in [-0.4, -0.2) is 81.9 Å². The molecule has 4 aromatic rings. The average molecular weight is 634 g/mol. The van der Waals surface area contributed by atoms with Crippen molar-refractivity contribution in [3.8, 4) is 17.0 Å². The summed E-state index contributed by atoms with van der Waals surface area (Å²) >= 11 is 6.39. The van der Waals surface area contributed by atoms with E-state index in [0.29, 0.717) is 73.4 Å². The van der Waals surface area contributed by atoms with E-state index >= 15 is 0 Å². The second-order valence-electron chi connectivity index (χ2n) is 11.5. The molecule has 2 aliphatic rings. The van der Waals surface area contributed by atoms with Gasteiger partial charge in [0.1, 0.15) is 0 Å². The van der Waals surface area contributed by atoms with Crippen molar-refractivity contribution in [2.24, 2.45) is 5.92 Å². The summed E-state index contributed by atoms with van der Waals surface area (Å²) in [5.41, 5.74) is 3.80. The monoisotopic (exact) mass is 633 g/mol. The van der Waals surface area contributed by atoms with Crippen molar-refractivity contribution in [1.29, 1.82) is 0 Å². The molecule has 45 heavy (non-hydrogen) atoms. The summed E-state index contributed by atoms with van der Waals surface area (Å²) in [4.78, 5) is 39.0. The Morgan fingerprint density at radius 3 is 2.58 bits per heavy atom. The molecule has 0 saturated carbocycles. The number of hydrogen-bond acceptors (Lipinski definition) is 7. The largest absolute Gasteiger partial charge is 0.491 e. The van der Waals surface area contributed by atoms with Crippen molar-refractivity contribution in [3.05, 3.63) is 70.9 Å². The molecule has 0 radical (unpaired) electrons. The Bertz CT molecular complexity index is 1710. The number of amides is 2. The molecule has 236 valence electrons. The van der Waals surface area contributed by atoms with Crippen LogP contribution in [-0.2, 0) is 4.79 Å². The highest BCUT2D eigenvalue weighted by Gasteiger charge is 2.27. The zero-order valence-electron chi connectivity index (χ0n) is 25.5. The zero-order chi connectivity index (χ0) is 31.5. The van der Waals surface area contributed by atoms with Crippen LogP contribution in [0.4, 0.5) is 15.9 Å². The molecule has 0 aliphatic carbocycles. The maximum Gasteiger partial charge on any atom is 0.254 e. The van der Waals surface area contributed by atoms with Gasteiger partial charge < -0.3 is 25.2 Å². The molecule has 0 spiro atoms. The quantitative estimate of drug-likeness (QED) is 0.271. The van der Waals surface area contributed by atoms with E-state index < -0.39 is 5.82 Å². The van der Waals surface area contributed by atoms with Crippen molar-refractivity contribution in [2.45, 2.75) is 33.1 Å². The number of hydrogen-bond donors (Lipinski definition) is 2. The van der Waals surface area contributed by atoms with Crippen LogP contribution in [0.25, 0.3) is 16.9 Å². The lowest BCUT2D eigenvalue weighted by Crippen LogP contribution is -2.51. The number of nitrogens with one attached hydrogen (secondary N) is 2. The lowest BCUT2D eigenvalue weighted by atomic mass is 9.94. The van der Waals surface area contributed by atoms with Crippen LogP contribution in [0.15, 0.2) is 48.9 Å². The highest BCUT2D eigenvalue weighted by molar-refractivity contribution is 6.33. The van der Waals surface area contributed by atoms with Gasteiger partial charge in [0.15, 0.2) is 23.0 Å². The van der Waals surface area contributed by atoms with Crippen molar-refractivity contribution in [3.63, 3.8) is 0 Å². The first-order valence-corrected chi connectivity index (χ1v) is 15.8. The number of aromatic nitrogens is 3. The van der Waals surface area contributed by atoms with E-state index in [2.05, 4.69) is 20.6 Å². The van der Waals surface area contributed by atoms with Crippen LogP contribution in [0.5, 0.6) is 5.75 Å². The lowest BCUT2D eigenvalue weighted by molar-refractivity contribution is -0.133. The third-order valence-corrected chi connectivity index (χ3v) is 8.98. The molecule has 0 bridgehead atoms. The van der Waals surface area contributed by atoms with Crippen LogP contribution >= 0.6 is 11.6 Å². The number of benzene rings is 2. The first kappa shape index (κ1) is 30.8. The average Bonchev–Trinajstić information content (AvgIpc) is 3.49. The number of carbonyl (C=O) groups is 2. The molecular weight excluding hydrogens is 597 g/mol. The number of fused-ring (bicyclic) bond motifs is 1. The van der Waals surface area contributed by atoms with Gasteiger partial charge in [-0.15, -0.1) is 0 Å². The lowest BCUT2D eigenvalue weighted by Gasteiger charge is -2.36. The summed E-state index contributed by atoms with van der Waals surface area (Å²) in [6.45, 7) is 8.13. The third-order valence-electron chi connectivity index (χ3n) is 8.61. The topological polar surface area (TPSA) is 104 Å². The SMILES string of the molecule is CCOc1ccc(-c2cnc3c(Nc4ccc(C(=O)N5CCN(C(=O)CC6CCNCC6)CC5)c(C)c4)nccn23)c(Cl)c1F. The summed E-state index contributed by atoms with van der Waals surface area (Å²) < 4.78 is 21.9. The number of aryl methyl sites for hydroxylation is 1. The van der Waals surface area contributed by atoms with Gasteiger partial charge in [-0.1, -0.05) is 11.6 Å². The molecule has 12 heteroatoms. The van der Waals surface area contributed by atoms with Crippen LogP contribution < -0.4 is 15.4 Å². The molecule has 2 saturated heterocycles. The van der Waals surface area contributed by atoms with Crippen molar-refractivity contribution in [1.82, 2.24) is 29.5 Å². The molecule has 0 unspecified atom stereocenters. The number of halogens is 2. The maximum atomic E-state index is 14.8. The molecule has 6 rings (SSSR count). The fourth-order valence-electron chi connectivity index (χ4n) is 6.11. The van der Waals surface area contributed by atoms with E-state index in [1.807, 2.05) is 34.9 Å². The molecule has 2 aliphatic heterocycles. The Morgan fingerprint density at radius 1 is 1.09 bits per heavy atom. The van der Waals surface area contributed by atoms with Gasteiger partial charge in [0.2, 0.25) is 5.91 Å². The molecule has 2 fully saturated rings. The van der Waals surface area contributed by atoms with Crippen LogP contribution in [0.1, 0.15) is 42.1 Å². The molecule has 2 amide bonds. The van der Waals surface area contributed by atoms with Crippen LogP contribution in [0, 0.1) is 18.7 Å². The molecule has 0 atom stereocenters. The zero-order valence-corrected chi connectivity index (χ0v) is 26.2. The number of carbonyl (C=O) groups excluding carboxylic acids is 2. The van der Waals surface area contributed by atoms with E-state index in [4.69, 9.17) is 16.3 Å². The first-order chi connectivity index (χ1) is 21.8. The van der Waals surface area contributed by atoms with E-state index in [1.165, 1.54) is 0 Å². The Labute approximate surface area is 266 Å². The Balaban J connectivity index is 1.12. The fraction of sp³-hybridized carbons (Fsp3) is 0.394. The number of anilines is 2. The van der Waals surface area contributed by atoms with E-state index in [-0.39, 0.29) is 22.6 Å². The molecule has 2 aromatic heterocycles. The van der Waals surface area contributed by atoms with Crippen molar-refractivity contribution >= 4 is 40.6 Å². The Morgan fingerprint density at radius 2 is 1.84 bits per heavy atom. The molecule has 4 heterocycles. The standard InChI is InChI=1S/C33H37ClFN7O3/c1-3-45-27-7-6-25(29(34)30(27)35)26-20-38-32-31(37-12-13-42(26)32)39-23-4-5-24(21(2)18-23)33(44)41-16-14-40(15-17-41)28(43)19-22-8-10-36-11-9-22/h4-7,12-13,18,20,22,36H,3,8-11,14-17,19H2,1-2H3,(H,37,39). The number of piperazine rings is 1. The predicted molar refractivity (Wildman–Crippen MR) is 172 cm³/mol. The van der Waals surface area contributed by atoms with E-state index in [1.54, 1.807) is 42.0 Å². The van der Waals surface area contributed by atoms with Gasteiger partial charge in [0.05, 0.1) is 23.5 Å². The molecule has 2 aromatic carbocycles. The minimum absolute atomic E-state index is 0.0397. The molecular formula is C33H37ClFN7O3. The van der Waals surface area contributed by atoms with Crippen molar-refractivity contribution < 1.29 is 18.7 Å². The number of nitrogens with zero attached hydrogens (tertiary/aromatic N) is 5. The highest BCUT2D eigenvalue weighted by atomic mass is 35.5. The van der Waals surface area contributed by atoms with E-state index in [9.17, 15) is 14.0 Å². The number of piperidine rings is 1. The number of imidazole rings is 1. The van der Waals surface area contributed by atoms with Gasteiger partial charge >= 0.3 is 0 Å². The third kappa shape index (κ3) is 6.46. The maximum absolute atomic E-state index is 14.8. The van der Waals surface area contributed by atoms with Crippen LogP contribution in [0.2, 0.25) is 5.02 Å². The van der Waals surface area contributed by atoms with Gasteiger partial charge in [-0.3, -0.25) is 14.0 Å². The predicted octanol–water partition coefficient (Wildman–Crippen LogP) is 5.31. The summed E-state index contributed by atoms with van der Waals surface area (Å²) in [6, 6.07) is 8.82. The Kier molecular flexibility index (Phi) is 9.18. The summed E-state index contributed by atoms with van der Waals surface area (Å²) in [5.74, 6) is 0.584. The number of rotatable bonds is 8. The van der Waals surface area contributed by atoms with Crippen LogP contribution in [0.3, 0.4) is 0 Å². The van der Waals surface area contributed by atoms with Gasteiger partial charge in [-0.25, -0.2) is 14.4 Å².